The van der Waals surface area contributed by atoms with Crippen LogP contribution in [0, 0.1) is 11.8 Å². The second-order valence-electron chi connectivity index (χ2n) is 10.8. The van der Waals surface area contributed by atoms with Gasteiger partial charge in [0.25, 0.3) is 0 Å². The number of aliphatic hydroxyl groups is 1. The molecule has 0 spiro atoms. The number of carboxylic acid groups (broad SMARTS) is 2. The zero-order valence-electron chi connectivity index (χ0n) is 24.5. The maximum atomic E-state index is 13.5. The van der Waals surface area contributed by atoms with Crippen LogP contribution in [0.3, 0.4) is 0 Å². The minimum atomic E-state index is -1.45. The van der Waals surface area contributed by atoms with E-state index in [1.54, 1.807) is 18.2 Å². The summed E-state index contributed by atoms with van der Waals surface area (Å²) in [5.74, 6) is -4.57. The monoisotopic (exact) mass is 624 g/mol. The number of nitrogen functional groups attached to an aromatic ring is 1. The van der Waals surface area contributed by atoms with Crippen molar-refractivity contribution in [1.29, 1.82) is 0 Å². The number of β-lactam (4-membered cyclic amide) rings is 1. The van der Waals surface area contributed by atoms with Crippen LogP contribution in [0.15, 0.2) is 59.1 Å². The molecule has 3 aliphatic rings. The number of anilines is 2. The Balaban J connectivity index is 0.00000253. The van der Waals surface area contributed by atoms with Gasteiger partial charge in [0.1, 0.15) is 0 Å². The molecule has 2 amide bonds. The van der Waals surface area contributed by atoms with Crippen molar-refractivity contribution in [2.75, 3.05) is 17.6 Å². The topological polar surface area (TPSA) is 179 Å². The van der Waals surface area contributed by atoms with E-state index in [1.165, 1.54) is 41.8 Å². The number of thioether (sulfide) groups is 1. The summed E-state index contributed by atoms with van der Waals surface area (Å²) in [7, 11) is 0. The fourth-order valence-electron chi connectivity index (χ4n) is 6.05. The molecule has 4 N–H and O–H groups in total. The third-order valence-corrected chi connectivity index (χ3v) is 9.49. The van der Waals surface area contributed by atoms with Crippen molar-refractivity contribution in [3.05, 3.63) is 70.3 Å². The number of hydrogen-bond acceptors (Lipinski definition) is 10. The number of benzene rings is 2. The number of hydrogen-bond donors (Lipinski definition) is 3. The minimum Gasteiger partial charge on any atom is -0.545 e. The maximum absolute atomic E-state index is 13.5. The second-order valence-corrected chi connectivity index (χ2v) is 12.1. The molecule has 3 heterocycles. The first kappa shape index (κ1) is 35.6. The molecule has 0 unspecified atom stereocenters. The molecule has 2 aromatic rings. The number of fused-ring (bicyclic) bond motifs is 1. The summed E-state index contributed by atoms with van der Waals surface area (Å²) in [5, 5.41) is 36.2. The van der Waals surface area contributed by atoms with Crippen LogP contribution < -0.4 is 80.4 Å². The third kappa shape index (κ3) is 7.18. The molecule has 2 fully saturated rings. The van der Waals surface area contributed by atoms with Crippen molar-refractivity contribution in [3.63, 3.8) is 0 Å². The van der Waals surface area contributed by atoms with Crippen LogP contribution in [0.2, 0.25) is 0 Å². The van der Waals surface area contributed by atoms with Gasteiger partial charge in [-0.2, -0.15) is 0 Å². The summed E-state index contributed by atoms with van der Waals surface area (Å²) < 4.78 is 0. The molecule has 0 aromatic heterocycles. The van der Waals surface area contributed by atoms with Gasteiger partial charge in [0.15, 0.2) is 0 Å². The van der Waals surface area contributed by atoms with Crippen molar-refractivity contribution in [3.8, 4) is 0 Å². The van der Waals surface area contributed by atoms with E-state index in [-0.39, 0.29) is 87.5 Å². The fraction of sp³-hybridized carbons (Fsp3) is 0.379. The molecule has 216 valence electrons. The zero-order valence-corrected chi connectivity index (χ0v) is 29.3. The number of carbonyl (C=O) groups is 4. The van der Waals surface area contributed by atoms with Crippen molar-refractivity contribution in [2.24, 2.45) is 11.8 Å². The summed E-state index contributed by atoms with van der Waals surface area (Å²) in [6, 6.07) is 12.0. The van der Waals surface area contributed by atoms with Crippen molar-refractivity contribution in [2.45, 2.75) is 50.3 Å². The van der Waals surface area contributed by atoms with Gasteiger partial charge >= 0.3 is 59.1 Å². The first-order valence-corrected chi connectivity index (χ1v) is 14.2. The van der Waals surface area contributed by atoms with Crippen LogP contribution in [0.5, 0.6) is 0 Å². The molecular formula is C29H30N4Na2O7S. The number of likely N-dealkylation sites (tertiary alicyclic amines) is 1. The van der Waals surface area contributed by atoms with E-state index in [2.05, 4.69) is 5.32 Å². The maximum Gasteiger partial charge on any atom is 1.00 e. The normalized spacial score (nSPS) is 25.2. The second kappa shape index (κ2) is 14.5. The Morgan fingerprint density at radius 1 is 1.12 bits per heavy atom. The number of aliphatic hydroxyl groups excluding tert-OH is 1. The summed E-state index contributed by atoms with van der Waals surface area (Å²) in [6.07, 6.45) is -0.537. The van der Waals surface area contributed by atoms with Crippen molar-refractivity contribution < 1.29 is 93.6 Å². The number of aliphatic carboxylic acids is 1. The molecule has 2 saturated heterocycles. The Morgan fingerprint density at radius 2 is 1.79 bits per heavy atom. The summed E-state index contributed by atoms with van der Waals surface area (Å²) in [4.78, 5) is 53.4. The number of nitrogens with one attached hydrogen (secondary N) is 1. The number of amides is 2. The van der Waals surface area contributed by atoms with Crippen LogP contribution in [0.1, 0.15) is 36.2 Å². The van der Waals surface area contributed by atoms with Crippen LogP contribution in [0.4, 0.5) is 11.4 Å². The quantitative estimate of drug-likeness (QED) is 0.138. The van der Waals surface area contributed by atoms with Gasteiger partial charge in [0.2, 0.25) is 11.8 Å². The van der Waals surface area contributed by atoms with Crippen LogP contribution in [-0.2, 0) is 20.9 Å². The molecular weight excluding hydrogens is 594 g/mol. The Morgan fingerprint density at radius 3 is 2.40 bits per heavy atom. The molecule has 0 radical (unpaired) electrons. The number of nitrogens with two attached hydrogens (primary N) is 1. The van der Waals surface area contributed by atoms with Gasteiger partial charge in [-0.3, -0.25) is 14.5 Å². The average Bonchev–Trinajstić information content (AvgIpc) is 3.42. The van der Waals surface area contributed by atoms with E-state index in [4.69, 9.17) is 5.73 Å². The van der Waals surface area contributed by atoms with Gasteiger partial charge in [-0.1, -0.05) is 31.2 Å². The van der Waals surface area contributed by atoms with Gasteiger partial charge in [0.05, 0.1) is 41.7 Å². The standard InChI is InChI=1S/C29H32N4O7S.2Na/c1-14-23-22(15(2)34)27(36)33(23)24(29(39)40)25(14)41-20-11-21(32(13-20)12-16-6-8-18(30)9-7-16)26(35)31-19-5-3-4-17(10-19)28(37)38;;/h3-10,14-15,20-23,34H,11-13,30H2,1-2H3,(H,31,35)(H,37,38)(H,39,40);;/q;2*+1/p-2/t14-,15-,20-,21-,22-,23-;;/m1../s1. The Hall–Kier alpha value is -1.87. The van der Waals surface area contributed by atoms with E-state index in [0.29, 0.717) is 35.8 Å². The molecule has 0 aliphatic carbocycles. The van der Waals surface area contributed by atoms with E-state index in [0.717, 1.165) is 5.56 Å². The Labute approximate surface area is 297 Å². The third-order valence-electron chi connectivity index (χ3n) is 7.99. The molecule has 3 aliphatic heterocycles. The molecule has 11 nitrogen and oxygen atoms in total. The Bertz CT molecular complexity index is 1440. The number of nitrogens with zero attached hydrogens (tertiary/aromatic N) is 2. The smallest absolute Gasteiger partial charge is 0.545 e. The van der Waals surface area contributed by atoms with E-state index < -0.39 is 42.0 Å². The molecule has 43 heavy (non-hydrogen) atoms. The van der Waals surface area contributed by atoms with Crippen LogP contribution in [-0.4, -0.2) is 68.6 Å². The summed E-state index contributed by atoms with van der Waals surface area (Å²) >= 11 is 1.33. The molecule has 2 aromatic carbocycles. The zero-order chi connectivity index (χ0) is 29.6. The van der Waals surface area contributed by atoms with Gasteiger partial charge in [-0.05, 0) is 48.7 Å². The Kier molecular flexibility index (Phi) is 12.0. The summed E-state index contributed by atoms with van der Waals surface area (Å²) in [6.45, 7) is 4.23. The number of rotatable bonds is 9. The fourth-order valence-corrected chi connectivity index (χ4v) is 7.60. The SMILES string of the molecule is C[C@@H](O)[C@H]1C(=O)N2C(C(=O)[O-])=C(S[C@@H]3C[C@H](C(=O)Nc4cccc(C(=O)[O-])c4)N(Cc4ccc(N)cc4)C3)[C@H](C)[C@H]12.[Na+].[Na+]. The predicted molar refractivity (Wildman–Crippen MR) is 147 cm³/mol. The van der Waals surface area contributed by atoms with Gasteiger partial charge in [-0.25, -0.2) is 0 Å². The number of carbonyl (C=O) groups excluding carboxylic acids is 4. The molecule has 14 heteroatoms. The number of aromatic carboxylic acids is 1. The van der Waals surface area contributed by atoms with Crippen LogP contribution >= 0.6 is 11.8 Å². The average molecular weight is 625 g/mol. The number of carboxylic acids is 2. The molecule has 6 atom stereocenters. The van der Waals surface area contributed by atoms with Gasteiger partial charge < -0.3 is 40.9 Å². The largest absolute Gasteiger partial charge is 1.00 e. The van der Waals surface area contributed by atoms with E-state index in [9.17, 15) is 34.5 Å². The van der Waals surface area contributed by atoms with E-state index in [1.807, 2.05) is 24.0 Å². The van der Waals surface area contributed by atoms with Gasteiger partial charge in [0, 0.05) is 40.5 Å². The first-order chi connectivity index (χ1) is 19.5. The molecule has 0 saturated carbocycles. The molecule has 0 bridgehead atoms. The van der Waals surface area contributed by atoms with E-state index >= 15 is 0 Å². The first-order valence-electron chi connectivity index (χ1n) is 13.3. The van der Waals surface area contributed by atoms with Gasteiger partial charge in [-0.15, -0.1) is 11.8 Å². The molecule has 5 rings (SSSR count). The van der Waals surface area contributed by atoms with Crippen molar-refractivity contribution in [1.82, 2.24) is 9.80 Å². The van der Waals surface area contributed by atoms with Crippen LogP contribution in [0.25, 0.3) is 0 Å². The minimum absolute atomic E-state index is 0. The predicted octanol–water partition coefficient (Wildman–Crippen LogP) is -6.23. The summed E-state index contributed by atoms with van der Waals surface area (Å²) in [5.41, 5.74) is 7.46. The van der Waals surface area contributed by atoms with Crippen molar-refractivity contribution >= 4 is 46.9 Å².